The van der Waals surface area contributed by atoms with Gasteiger partial charge in [-0.3, -0.25) is 9.88 Å². The lowest BCUT2D eigenvalue weighted by Crippen LogP contribution is -2.38. The average molecular weight is 276 g/mol. The number of thiazole rings is 1. The average Bonchev–Trinajstić information content (AvgIpc) is 2.92. The van der Waals surface area contributed by atoms with Crippen LogP contribution in [0.2, 0.25) is 0 Å². The van der Waals surface area contributed by atoms with Crippen molar-refractivity contribution in [2.75, 3.05) is 19.7 Å². The fourth-order valence-electron chi connectivity index (χ4n) is 2.22. The number of hydrogen-bond donors (Lipinski definition) is 0. The number of ether oxygens (including phenoxy) is 1. The summed E-state index contributed by atoms with van der Waals surface area (Å²) >= 11 is 1.70. The van der Waals surface area contributed by atoms with Gasteiger partial charge in [0, 0.05) is 36.9 Å². The Hall–Kier alpha value is -1.37. The lowest BCUT2D eigenvalue weighted by molar-refractivity contribution is -0.0348. The summed E-state index contributed by atoms with van der Waals surface area (Å²) in [5.41, 5.74) is 2.85. The van der Waals surface area contributed by atoms with Crippen molar-refractivity contribution in [1.29, 1.82) is 0 Å². The molecule has 0 aromatic carbocycles. The zero-order valence-corrected chi connectivity index (χ0v) is 11.6. The highest BCUT2D eigenvalue weighted by Crippen LogP contribution is 2.22. The molecule has 0 unspecified atom stereocenters. The molecule has 0 N–H and O–H groups in total. The minimum Gasteiger partial charge on any atom is -0.369 e. The Labute approximate surface area is 116 Å². The minimum atomic E-state index is 0.0448. The van der Waals surface area contributed by atoms with Gasteiger partial charge in [0.05, 0.1) is 17.8 Å². The molecule has 1 aliphatic rings. The van der Waals surface area contributed by atoms with Gasteiger partial charge < -0.3 is 4.74 Å². The van der Waals surface area contributed by atoms with Crippen molar-refractivity contribution < 1.29 is 4.74 Å². The smallest absolute Gasteiger partial charge is 0.125 e. The lowest BCUT2D eigenvalue weighted by Gasteiger charge is -2.32. The highest BCUT2D eigenvalue weighted by molar-refractivity contribution is 7.09. The van der Waals surface area contributed by atoms with Gasteiger partial charge in [-0.25, -0.2) is 9.97 Å². The Morgan fingerprint density at radius 3 is 3.26 bits per heavy atom. The predicted octanol–water partition coefficient (Wildman–Crippen LogP) is 1.82. The second-order valence-corrected chi connectivity index (χ2v) is 5.56. The number of aromatic nitrogens is 3. The molecule has 0 amide bonds. The van der Waals surface area contributed by atoms with E-state index in [1.807, 2.05) is 24.7 Å². The summed E-state index contributed by atoms with van der Waals surface area (Å²) in [5, 5.41) is 0. The Morgan fingerprint density at radius 1 is 1.53 bits per heavy atom. The number of hydrogen-bond acceptors (Lipinski definition) is 6. The van der Waals surface area contributed by atoms with Gasteiger partial charge >= 0.3 is 0 Å². The normalized spacial score (nSPS) is 20.6. The van der Waals surface area contributed by atoms with Crippen molar-refractivity contribution in [3.8, 4) is 0 Å². The molecule has 2 aromatic heterocycles. The van der Waals surface area contributed by atoms with Crippen LogP contribution in [0.4, 0.5) is 0 Å². The first-order valence-electron chi connectivity index (χ1n) is 6.32. The summed E-state index contributed by atoms with van der Waals surface area (Å²) < 4.78 is 5.82. The highest BCUT2D eigenvalue weighted by Gasteiger charge is 2.23. The second kappa shape index (κ2) is 5.73. The fourth-order valence-corrected chi connectivity index (χ4v) is 2.86. The summed E-state index contributed by atoms with van der Waals surface area (Å²) in [7, 11) is 0. The zero-order chi connectivity index (χ0) is 13.1. The molecule has 5 nitrogen and oxygen atoms in total. The number of morpholine rings is 1. The molecule has 1 fully saturated rings. The Morgan fingerprint density at radius 2 is 2.47 bits per heavy atom. The monoisotopic (exact) mass is 276 g/mol. The first kappa shape index (κ1) is 12.7. The van der Waals surface area contributed by atoms with E-state index < -0.39 is 0 Å². The summed E-state index contributed by atoms with van der Waals surface area (Å²) in [6, 6.07) is 1.94. The van der Waals surface area contributed by atoms with Gasteiger partial charge in [0.25, 0.3) is 0 Å². The molecule has 0 saturated carbocycles. The fraction of sp³-hybridized carbons (Fsp3) is 0.462. The molecule has 100 valence electrons. The van der Waals surface area contributed by atoms with Crippen LogP contribution >= 0.6 is 11.3 Å². The zero-order valence-electron chi connectivity index (χ0n) is 10.8. The van der Waals surface area contributed by atoms with E-state index in [9.17, 15) is 0 Å². The number of nitrogens with zero attached hydrogens (tertiary/aromatic N) is 4. The molecule has 0 spiro atoms. The Kier molecular flexibility index (Phi) is 3.82. The molecule has 0 aliphatic carbocycles. The van der Waals surface area contributed by atoms with Gasteiger partial charge in [-0.1, -0.05) is 0 Å². The van der Waals surface area contributed by atoms with Gasteiger partial charge in [0.15, 0.2) is 0 Å². The molecular weight excluding hydrogens is 260 g/mol. The van der Waals surface area contributed by atoms with E-state index in [4.69, 9.17) is 4.74 Å². The van der Waals surface area contributed by atoms with E-state index in [2.05, 4.69) is 19.9 Å². The third kappa shape index (κ3) is 3.15. The lowest BCUT2D eigenvalue weighted by atomic mass is 10.2. The van der Waals surface area contributed by atoms with Crippen molar-refractivity contribution in [2.45, 2.75) is 19.6 Å². The van der Waals surface area contributed by atoms with E-state index in [0.717, 1.165) is 37.8 Å². The Bertz CT molecular complexity index is 531. The van der Waals surface area contributed by atoms with Crippen molar-refractivity contribution in [3.05, 3.63) is 40.4 Å². The van der Waals surface area contributed by atoms with Crippen LogP contribution in [-0.2, 0) is 11.3 Å². The van der Waals surface area contributed by atoms with Gasteiger partial charge in [-0.15, -0.1) is 11.3 Å². The van der Waals surface area contributed by atoms with Crippen LogP contribution in [-0.4, -0.2) is 39.5 Å². The highest BCUT2D eigenvalue weighted by atomic mass is 32.1. The standard InChI is InChI=1S/C13H16N4OS/c1-10-15-3-2-12(16-10)13-8-17(4-5-18-13)7-11-6-14-9-19-11/h2-3,6,9,13H,4-5,7-8H2,1H3/t13-/m1/s1. The molecule has 0 radical (unpaired) electrons. The van der Waals surface area contributed by atoms with Gasteiger partial charge in [0.1, 0.15) is 11.9 Å². The maximum Gasteiger partial charge on any atom is 0.125 e. The topological polar surface area (TPSA) is 51.1 Å². The number of aryl methyl sites for hydroxylation is 1. The van der Waals surface area contributed by atoms with Crippen LogP contribution in [0.5, 0.6) is 0 Å². The van der Waals surface area contributed by atoms with E-state index in [1.54, 1.807) is 17.5 Å². The molecule has 6 heteroatoms. The van der Waals surface area contributed by atoms with Crippen molar-refractivity contribution >= 4 is 11.3 Å². The third-order valence-electron chi connectivity index (χ3n) is 3.14. The van der Waals surface area contributed by atoms with Crippen LogP contribution in [0.1, 0.15) is 22.5 Å². The van der Waals surface area contributed by atoms with E-state index in [0.29, 0.717) is 0 Å². The largest absolute Gasteiger partial charge is 0.369 e. The first-order valence-corrected chi connectivity index (χ1v) is 7.20. The van der Waals surface area contributed by atoms with Crippen LogP contribution in [0, 0.1) is 6.92 Å². The van der Waals surface area contributed by atoms with Gasteiger partial charge in [0.2, 0.25) is 0 Å². The first-order chi connectivity index (χ1) is 9.31. The van der Waals surface area contributed by atoms with E-state index in [1.165, 1.54) is 4.88 Å². The molecule has 2 aromatic rings. The molecule has 1 atom stereocenters. The number of rotatable bonds is 3. The van der Waals surface area contributed by atoms with E-state index >= 15 is 0 Å². The molecule has 19 heavy (non-hydrogen) atoms. The van der Waals surface area contributed by atoms with E-state index in [-0.39, 0.29) is 6.10 Å². The third-order valence-corrected chi connectivity index (χ3v) is 3.91. The Balaban J connectivity index is 1.67. The summed E-state index contributed by atoms with van der Waals surface area (Å²) in [6.07, 6.45) is 3.77. The van der Waals surface area contributed by atoms with Crippen molar-refractivity contribution in [3.63, 3.8) is 0 Å². The predicted molar refractivity (Wildman–Crippen MR) is 72.9 cm³/mol. The summed E-state index contributed by atoms with van der Waals surface area (Å²) in [4.78, 5) is 16.4. The van der Waals surface area contributed by atoms with Crippen molar-refractivity contribution in [1.82, 2.24) is 19.9 Å². The second-order valence-electron chi connectivity index (χ2n) is 4.59. The molecule has 1 saturated heterocycles. The summed E-state index contributed by atoms with van der Waals surface area (Å²) in [5.74, 6) is 0.792. The molecule has 1 aliphatic heterocycles. The molecule has 3 heterocycles. The van der Waals surface area contributed by atoms with Crippen LogP contribution in [0.25, 0.3) is 0 Å². The van der Waals surface area contributed by atoms with Crippen molar-refractivity contribution in [2.24, 2.45) is 0 Å². The summed E-state index contributed by atoms with van der Waals surface area (Å²) in [6.45, 7) is 5.41. The molecule has 0 bridgehead atoms. The van der Waals surface area contributed by atoms with Gasteiger partial charge in [-0.2, -0.15) is 0 Å². The maximum absolute atomic E-state index is 5.82. The van der Waals surface area contributed by atoms with Crippen LogP contribution in [0.15, 0.2) is 24.0 Å². The van der Waals surface area contributed by atoms with Crippen LogP contribution in [0.3, 0.4) is 0 Å². The quantitative estimate of drug-likeness (QED) is 0.856. The maximum atomic E-state index is 5.82. The van der Waals surface area contributed by atoms with Crippen LogP contribution < -0.4 is 0 Å². The molecule has 3 rings (SSSR count). The molecular formula is C13H16N4OS. The SMILES string of the molecule is Cc1nccc([C@H]2CN(Cc3cncs3)CCO2)n1. The van der Waals surface area contributed by atoms with Gasteiger partial charge in [-0.05, 0) is 13.0 Å². The minimum absolute atomic E-state index is 0.0448.